The van der Waals surface area contributed by atoms with Crippen LogP contribution in [0.2, 0.25) is 5.02 Å². The number of nitro benzene ring substituents is 1. The number of amides is 1. The molecule has 154 valence electrons. The average Bonchev–Trinajstić information content (AvgIpc) is 3.30. The maximum absolute atomic E-state index is 12.9. The lowest BCUT2D eigenvalue weighted by Crippen LogP contribution is -2.39. The molecule has 4 rings (SSSR count). The van der Waals surface area contributed by atoms with Crippen molar-refractivity contribution >= 4 is 34.5 Å². The van der Waals surface area contributed by atoms with E-state index in [0.717, 1.165) is 24.4 Å². The summed E-state index contributed by atoms with van der Waals surface area (Å²) in [7, 11) is 0. The number of thiazole rings is 1. The fourth-order valence-corrected chi connectivity index (χ4v) is 4.43. The molecule has 1 aliphatic heterocycles. The molecule has 0 aliphatic carbocycles. The van der Waals surface area contributed by atoms with E-state index in [9.17, 15) is 14.9 Å². The minimum Gasteiger partial charge on any atom is -0.450 e. The van der Waals surface area contributed by atoms with Gasteiger partial charge in [-0.25, -0.2) is 4.98 Å². The molecule has 7 nitrogen and oxygen atoms in total. The molecule has 0 N–H and O–H groups in total. The van der Waals surface area contributed by atoms with Crippen LogP contribution in [0.25, 0.3) is 0 Å². The van der Waals surface area contributed by atoms with Crippen LogP contribution in [-0.2, 0) is 0 Å². The summed E-state index contributed by atoms with van der Waals surface area (Å²) in [5.74, 6) is 0.720. The summed E-state index contributed by atoms with van der Waals surface area (Å²) < 4.78 is 5.64. The first kappa shape index (κ1) is 20.3. The van der Waals surface area contributed by atoms with Gasteiger partial charge in [-0.2, -0.15) is 0 Å². The Labute approximate surface area is 182 Å². The first-order valence-electron chi connectivity index (χ1n) is 9.42. The van der Waals surface area contributed by atoms with Gasteiger partial charge in [0.25, 0.3) is 5.91 Å². The van der Waals surface area contributed by atoms with Crippen molar-refractivity contribution in [3.05, 3.63) is 79.7 Å². The van der Waals surface area contributed by atoms with Crippen LogP contribution in [0.3, 0.4) is 0 Å². The zero-order valence-corrected chi connectivity index (χ0v) is 17.4. The summed E-state index contributed by atoms with van der Waals surface area (Å²) in [6, 6.07) is 10.8. The number of nitro groups is 1. The van der Waals surface area contributed by atoms with Gasteiger partial charge in [-0.05, 0) is 49.2 Å². The first-order valence-corrected chi connectivity index (χ1v) is 10.7. The molecule has 30 heavy (non-hydrogen) atoms. The van der Waals surface area contributed by atoms with Crippen molar-refractivity contribution in [1.82, 2.24) is 9.88 Å². The zero-order chi connectivity index (χ0) is 21.1. The Morgan fingerprint density at radius 3 is 2.77 bits per heavy atom. The molecule has 9 heteroatoms. The molecule has 3 aromatic rings. The summed E-state index contributed by atoms with van der Waals surface area (Å²) in [5, 5.41) is 14.5. The second-order valence-electron chi connectivity index (χ2n) is 6.96. The van der Waals surface area contributed by atoms with Crippen LogP contribution in [-0.4, -0.2) is 33.8 Å². The molecule has 0 saturated carbocycles. The molecule has 1 atom stereocenters. The van der Waals surface area contributed by atoms with E-state index in [1.165, 1.54) is 18.2 Å². The third kappa shape index (κ3) is 4.44. The van der Waals surface area contributed by atoms with E-state index in [0.29, 0.717) is 17.9 Å². The van der Waals surface area contributed by atoms with Gasteiger partial charge in [0, 0.05) is 47.2 Å². The lowest BCUT2D eigenvalue weighted by Gasteiger charge is -2.32. The second kappa shape index (κ2) is 8.81. The molecular weight excluding hydrogens is 426 g/mol. The highest BCUT2D eigenvalue weighted by Crippen LogP contribution is 2.34. The Hall–Kier alpha value is -2.97. The number of carbonyl (C=O) groups excluding carboxylic acids is 1. The normalized spacial score (nSPS) is 16.3. The third-order valence-corrected chi connectivity index (χ3v) is 6.13. The van der Waals surface area contributed by atoms with Crippen molar-refractivity contribution in [2.75, 3.05) is 13.1 Å². The van der Waals surface area contributed by atoms with E-state index in [1.54, 1.807) is 41.8 Å². The quantitative estimate of drug-likeness (QED) is 0.383. The van der Waals surface area contributed by atoms with Gasteiger partial charge in [-0.1, -0.05) is 11.6 Å². The Morgan fingerprint density at radius 1 is 1.27 bits per heavy atom. The largest absolute Gasteiger partial charge is 0.450 e. The van der Waals surface area contributed by atoms with Crippen molar-refractivity contribution in [2.45, 2.75) is 18.8 Å². The Kier molecular flexibility index (Phi) is 5.96. The van der Waals surface area contributed by atoms with Gasteiger partial charge in [-0.15, -0.1) is 11.3 Å². The van der Waals surface area contributed by atoms with Crippen LogP contribution in [0.4, 0.5) is 5.69 Å². The summed E-state index contributed by atoms with van der Waals surface area (Å²) in [6.07, 6.45) is 3.77. The van der Waals surface area contributed by atoms with Gasteiger partial charge in [0.15, 0.2) is 0 Å². The summed E-state index contributed by atoms with van der Waals surface area (Å²) in [4.78, 5) is 29.8. The number of nitrogens with zero attached hydrogens (tertiary/aromatic N) is 3. The smallest absolute Gasteiger partial charge is 0.313 e. The number of benzene rings is 2. The molecule has 1 fully saturated rings. The highest BCUT2D eigenvalue weighted by atomic mass is 35.5. The minimum absolute atomic E-state index is 0.0414. The predicted molar refractivity (Wildman–Crippen MR) is 115 cm³/mol. The predicted octanol–water partition coefficient (Wildman–Crippen LogP) is 5.52. The molecule has 2 heterocycles. The number of likely N-dealkylation sites (tertiary alicyclic amines) is 1. The van der Waals surface area contributed by atoms with Crippen molar-refractivity contribution in [1.29, 1.82) is 0 Å². The molecule has 0 bridgehead atoms. The fourth-order valence-electron chi connectivity index (χ4n) is 3.49. The zero-order valence-electron chi connectivity index (χ0n) is 15.9. The van der Waals surface area contributed by atoms with Crippen LogP contribution in [0, 0.1) is 10.1 Å². The lowest BCUT2D eigenvalue weighted by atomic mass is 9.98. The van der Waals surface area contributed by atoms with Crippen LogP contribution in [0.5, 0.6) is 11.5 Å². The molecular formula is C21H18ClN3O4S. The van der Waals surface area contributed by atoms with E-state index in [4.69, 9.17) is 16.3 Å². The topological polar surface area (TPSA) is 85.6 Å². The highest BCUT2D eigenvalue weighted by molar-refractivity contribution is 7.09. The third-order valence-electron chi connectivity index (χ3n) is 4.96. The Balaban J connectivity index is 1.46. The van der Waals surface area contributed by atoms with Gasteiger partial charge in [-0.3, -0.25) is 14.9 Å². The van der Waals surface area contributed by atoms with Crippen LogP contribution >= 0.6 is 22.9 Å². The number of ether oxygens (including phenoxy) is 1. The highest BCUT2D eigenvalue weighted by Gasteiger charge is 2.27. The molecule has 1 unspecified atom stereocenters. The van der Waals surface area contributed by atoms with Crippen LogP contribution in [0.1, 0.15) is 34.1 Å². The summed E-state index contributed by atoms with van der Waals surface area (Å²) in [6.45, 7) is 1.37. The number of carbonyl (C=O) groups is 1. The first-order chi connectivity index (χ1) is 14.5. The van der Waals surface area contributed by atoms with Gasteiger partial charge in [0.1, 0.15) is 5.75 Å². The van der Waals surface area contributed by atoms with Gasteiger partial charge < -0.3 is 9.64 Å². The molecule has 1 aliphatic rings. The maximum Gasteiger partial charge on any atom is 0.313 e. The molecule has 1 saturated heterocycles. The molecule has 1 amide bonds. The lowest BCUT2D eigenvalue weighted by molar-refractivity contribution is -0.385. The number of rotatable bonds is 5. The number of piperidine rings is 1. The van der Waals surface area contributed by atoms with Crippen molar-refractivity contribution in [3.63, 3.8) is 0 Å². The Morgan fingerprint density at radius 2 is 2.07 bits per heavy atom. The molecule has 1 aromatic heterocycles. The fraction of sp³-hybridized carbons (Fsp3) is 0.238. The van der Waals surface area contributed by atoms with Crippen molar-refractivity contribution < 1.29 is 14.5 Å². The summed E-state index contributed by atoms with van der Waals surface area (Å²) >= 11 is 7.45. The maximum atomic E-state index is 12.9. The number of aromatic nitrogens is 1. The second-order valence-corrected chi connectivity index (χ2v) is 8.32. The van der Waals surface area contributed by atoms with Crippen molar-refractivity contribution in [2.24, 2.45) is 0 Å². The van der Waals surface area contributed by atoms with E-state index in [1.807, 2.05) is 10.3 Å². The number of hydrogen-bond acceptors (Lipinski definition) is 6. The van der Waals surface area contributed by atoms with E-state index in [2.05, 4.69) is 4.98 Å². The van der Waals surface area contributed by atoms with Gasteiger partial charge in [0.05, 0.1) is 9.93 Å². The molecule has 0 radical (unpaired) electrons. The standard InChI is InChI=1S/C21H18ClN3O4S/c22-16-5-8-19(18(12-16)25(27)28)29-17-6-3-14(4-7-17)21(26)24-10-1-2-15(13-24)20-23-9-11-30-20/h3-9,11-12,15H,1-2,10,13H2. The van der Waals surface area contributed by atoms with Crippen LogP contribution in [0.15, 0.2) is 54.0 Å². The van der Waals surface area contributed by atoms with E-state index < -0.39 is 4.92 Å². The van der Waals surface area contributed by atoms with Crippen molar-refractivity contribution in [3.8, 4) is 11.5 Å². The van der Waals surface area contributed by atoms with E-state index in [-0.39, 0.29) is 28.3 Å². The monoisotopic (exact) mass is 443 g/mol. The average molecular weight is 444 g/mol. The van der Waals surface area contributed by atoms with Crippen LogP contribution < -0.4 is 4.74 Å². The van der Waals surface area contributed by atoms with Gasteiger partial charge in [0.2, 0.25) is 5.75 Å². The number of halogens is 1. The van der Waals surface area contributed by atoms with E-state index >= 15 is 0 Å². The number of hydrogen-bond donors (Lipinski definition) is 0. The SMILES string of the molecule is O=C(c1ccc(Oc2ccc(Cl)cc2[N+](=O)[O-])cc1)N1CCCC(c2nccs2)C1. The molecule has 0 spiro atoms. The van der Waals surface area contributed by atoms with Gasteiger partial charge >= 0.3 is 5.69 Å². The molecule has 2 aromatic carbocycles. The minimum atomic E-state index is -0.547. The summed E-state index contributed by atoms with van der Waals surface area (Å²) in [5.41, 5.74) is 0.331. The Bertz CT molecular complexity index is 1060.